The zero-order chi connectivity index (χ0) is 6.53. The van der Waals surface area contributed by atoms with Gasteiger partial charge in [-0.1, -0.05) is 23.7 Å². The maximum atomic E-state index is 5.34. The summed E-state index contributed by atoms with van der Waals surface area (Å²) in [6, 6.07) is 4.14. The Bertz CT molecular complexity index is 177. The molecule has 0 aliphatic rings. The highest BCUT2D eigenvalue weighted by atomic mass is 35.5. The van der Waals surface area contributed by atoms with Gasteiger partial charge in [-0.3, -0.25) is 0 Å². The lowest BCUT2D eigenvalue weighted by atomic mass is 10.3. The molecule has 0 unspecified atom stereocenters. The summed E-state index contributed by atoms with van der Waals surface area (Å²) in [6.45, 7) is 0. The first-order chi connectivity index (χ1) is 4.43. The lowest BCUT2D eigenvalue weighted by Crippen LogP contribution is -1.67. The van der Waals surface area contributed by atoms with Crippen LogP contribution >= 0.6 is 22.9 Å². The van der Waals surface area contributed by atoms with Crippen molar-refractivity contribution in [3.63, 3.8) is 0 Å². The SMILES string of the molecule is ClC=CCc1cccs1. The molecule has 0 aliphatic heterocycles. The molecule has 2 heteroatoms. The van der Waals surface area contributed by atoms with Crippen molar-refractivity contribution in [1.29, 1.82) is 0 Å². The molecule has 0 bridgehead atoms. The molecule has 0 saturated carbocycles. The maximum Gasteiger partial charge on any atom is 0.00833 e. The number of hydrogen-bond donors (Lipinski definition) is 0. The Morgan fingerprint density at radius 2 is 2.56 bits per heavy atom. The molecule has 0 fully saturated rings. The van der Waals surface area contributed by atoms with Gasteiger partial charge in [-0.05, 0) is 11.4 Å². The van der Waals surface area contributed by atoms with Crippen molar-refractivity contribution >= 4 is 22.9 Å². The second-order valence-electron chi connectivity index (χ2n) is 1.65. The van der Waals surface area contributed by atoms with Crippen LogP contribution in [0.5, 0.6) is 0 Å². The summed E-state index contributed by atoms with van der Waals surface area (Å²) in [6.07, 6.45) is 2.90. The smallest absolute Gasteiger partial charge is 0.00833 e. The fraction of sp³-hybridized carbons (Fsp3) is 0.143. The van der Waals surface area contributed by atoms with E-state index < -0.39 is 0 Å². The molecule has 0 atom stereocenters. The zero-order valence-electron chi connectivity index (χ0n) is 4.88. The molecule has 0 amide bonds. The van der Waals surface area contributed by atoms with E-state index in [1.54, 1.807) is 16.9 Å². The van der Waals surface area contributed by atoms with Crippen LogP contribution in [0.4, 0.5) is 0 Å². The number of halogens is 1. The topological polar surface area (TPSA) is 0 Å². The van der Waals surface area contributed by atoms with Gasteiger partial charge in [0, 0.05) is 16.8 Å². The molecule has 0 nitrogen and oxygen atoms in total. The predicted octanol–water partition coefficient (Wildman–Crippen LogP) is 3.04. The van der Waals surface area contributed by atoms with Crippen molar-refractivity contribution in [3.05, 3.63) is 34.0 Å². The number of thiophene rings is 1. The predicted molar refractivity (Wildman–Crippen MR) is 43.0 cm³/mol. The molecule has 0 aliphatic carbocycles. The summed E-state index contributed by atoms with van der Waals surface area (Å²) in [4.78, 5) is 1.35. The monoisotopic (exact) mass is 158 g/mol. The van der Waals surface area contributed by atoms with Gasteiger partial charge in [-0.2, -0.15) is 0 Å². The highest BCUT2D eigenvalue weighted by molar-refractivity contribution is 7.09. The second kappa shape index (κ2) is 3.70. The van der Waals surface area contributed by atoms with Crippen molar-refractivity contribution in [1.82, 2.24) is 0 Å². The minimum Gasteiger partial charge on any atom is -0.149 e. The van der Waals surface area contributed by atoms with Crippen molar-refractivity contribution in [3.8, 4) is 0 Å². The molecule has 0 radical (unpaired) electrons. The lowest BCUT2D eigenvalue weighted by Gasteiger charge is -1.82. The number of allylic oxidation sites excluding steroid dienone is 1. The third kappa shape index (κ3) is 2.20. The fourth-order valence-electron chi connectivity index (χ4n) is 0.589. The number of hydrogen-bond acceptors (Lipinski definition) is 1. The fourth-order valence-corrected chi connectivity index (χ4v) is 1.36. The van der Waals surface area contributed by atoms with Gasteiger partial charge in [0.2, 0.25) is 0 Å². The standard InChI is InChI=1S/C7H7ClS/c8-5-1-3-7-4-2-6-9-7/h1-2,4-6H,3H2. The highest BCUT2D eigenvalue weighted by Crippen LogP contribution is 2.09. The van der Waals surface area contributed by atoms with Crippen molar-refractivity contribution in [2.24, 2.45) is 0 Å². The van der Waals surface area contributed by atoms with Gasteiger partial charge in [-0.25, -0.2) is 0 Å². The third-order valence-corrected chi connectivity index (χ3v) is 2.07. The Hall–Kier alpha value is -0.270. The van der Waals surface area contributed by atoms with Crippen molar-refractivity contribution in [2.75, 3.05) is 0 Å². The van der Waals surface area contributed by atoms with Crippen LogP contribution in [0.3, 0.4) is 0 Å². The van der Waals surface area contributed by atoms with Gasteiger partial charge in [0.1, 0.15) is 0 Å². The summed E-state index contributed by atoms with van der Waals surface area (Å²) in [5.74, 6) is 0. The van der Waals surface area contributed by atoms with Crippen LogP contribution in [0.2, 0.25) is 0 Å². The van der Waals surface area contributed by atoms with Crippen molar-refractivity contribution in [2.45, 2.75) is 6.42 Å². The van der Waals surface area contributed by atoms with Crippen LogP contribution in [0.25, 0.3) is 0 Å². The third-order valence-electron chi connectivity index (χ3n) is 0.988. The molecule has 0 spiro atoms. The van der Waals surface area contributed by atoms with E-state index in [1.165, 1.54) is 4.88 Å². The van der Waals surface area contributed by atoms with Crippen LogP contribution < -0.4 is 0 Å². The minimum atomic E-state index is 0.959. The molecule has 1 heterocycles. The lowest BCUT2D eigenvalue weighted by molar-refractivity contribution is 1.35. The first-order valence-corrected chi connectivity index (χ1v) is 4.02. The Kier molecular flexibility index (Phi) is 2.81. The van der Waals surface area contributed by atoms with E-state index in [9.17, 15) is 0 Å². The van der Waals surface area contributed by atoms with E-state index in [1.807, 2.05) is 12.1 Å². The van der Waals surface area contributed by atoms with E-state index in [0.29, 0.717) is 0 Å². The van der Waals surface area contributed by atoms with E-state index >= 15 is 0 Å². The van der Waals surface area contributed by atoms with Gasteiger partial charge in [0.15, 0.2) is 0 Å². The van der Waals surface area contributed by atoms with Gasteiger partial charge >= 0.3 is 0 Å². The summed E-state index contributed by atoms with van der Waals surface area (Å²) in [5.41, 5.74) is 1.56. The van der Waals surface area contributed by atoms with Gasteiger partial charge < -0.3 is 0 Å². The molecular weight excluding hydrogens is 152 g/mol. The molecule has 0 saturated heterocycles. The maximum absolute atomic E-state index is 5.34. The Morgan fingerprint density at radius 3 is 3.11 bits per heavy atom. The van der Waals surface area contributed by atoms with E-state index in [2.05, 4.69) is 11.4 Å². The van der Waals surface area contributed by atoms with Crippen LogP contribution in [-0.4, -0.2) is 0 Å². The summed E-state index contributed by atoms with van der Waals surface area (Å²) >= 11 is 7.10. The molecule has 9 heavy (non-hydrogen) atoms. The average molecular weight is 159 g/mol. The highest BCUT2D eigenvalue weighted by Gasteiger charge is 1.85. The molecule has 1 aromatic rings. The molecule has 0 aromatic carbocycles. The quantitative estimate of drug-likeness (QED) is 0.621. The van der Waals surface area contributed by atoms with Crippen LogP contribution in [0, 0.1) is 0 Å². The first-order valence-electron chi connectivity index (χ1n) is 2.71. The largest absolute Gasteiger partial charge is 0.149 e. The minimum absolute atomic E-state index is 0.959. The Labute approximate surface area is 63.8 Å². The van der Waals surface area contributed by atoms with E-state index in [4.69, 9.17) is 11.6 Å². The summed E-state index contributed by atoms with van der Waals surface area (Å²) in [7, 11) is 0. The Morgan fingerprint density at radius 1 is 1.67 bits per heavy atom. The van der Waals surface area contributed by atoms with Crippen molar-refractivity contribution < 1.29 is 0 Å². The van der Waals surface area contributed by atoms with Crippen LogP contribution in [0.15, 0.2) is 29.1 Å². The average Bonchev–Trinajstić information content (AvgIpc) is 2.34. The van der Waals surface area contributed by atoms with E-state index in [0.717, 1.165) is 6.42 Å². The Balaban J connectivity index is 2.48. The van der Waals surface area contributed by atoms with Crippen LogP contribution in [-0.2, 0) is 6.42 Å². The molecule has 0 N–H and O–H groups in total. The summed E-state index contributed by atoms with van der Waals surface area (Å²) < 4.78 is 0. The van der Waals surface area contributed by atoms with Crippen LogP contribution in [0.1, 0.15) is 4.88 Å². The summed E-state index contributed by atoms with van der Waals surface area (Å²) in [5, 5.41) is 2.07. The first kappa shape index (κ1) is 6.84. The van der Waals surface area contributed by atoms with Gasteiger partial charge in [0.05, 0.1) is 0 Å². The normalized spacial score (nSPS) is 10.8. The van der Waals surface area contributed by atoms with E-state index in [-0.39, 0.29) is 0 Å². The molecule has 1 rings (SSSR count). The van der Waals surface area contributed by atoms with Gasteiger partial charge in [0.25, 0.3) is 0 Å². The number of rotatable bonds is 2. The second-order valence-corrected chi connectivity index (χ2v) is 2.93. The molecule has 48 valence electrons. The molecular formula is C7H7ClS. The van der Waals surface area contributed by atoms with Gasteiger partial charge in [-0.15, -0.1) is 11.3 Å². The molecule has 1 aromatic heterocycles. The zero-order valence-corrected chi connectivity index (χ0v) is 6.45.